The average Bonchev–Trinajstić information content (AvgIpc) is 3.02. The van der Waals surface area contributed by atoms with Crippen molar-refractivity contribution in [2.75, 3.05) is 13.1 Å². The first-order chi connectivity index (χ1) is 12.1. The van der Waals surface area contributed by atoms with Gasteiger partial charge in [-0.2, -0.15) is 0 Å². The van der Waals surface area contributed by atoms with Crippen molar-refractivity contribution in [3.05, 3.63) is 28.4 Å². The van der Waals surface area contributed by atoms with Crippen LogP contribution in [-0.4, -0.2) is 33.4 Å². The monoisotopic (exact) mass is 362 g/mol. The molecule has 25 heavy (non-hydrogen) atoms. The van der Waals surface area contributed by atoms with Gasteiger partial charge in [0.2, 0.25) is 0 Å². The second kappa shape index (κ2) is 6.89. The molecule has 134 valence electrons. The Morgan fingerprint density at radius 3 is 2.76 bits per heavy atom. The van der Waals surface area contributed by atoms with Crippen molar-refractivity contribution in [1.29, 1.82) is 0 Å². The number of nitrogens with zero attached hydrogens (tertiary/aromatic N) is 2. The molecule has 1 aliphatic carbocycles. The number of rotatable bonds is 3. The van der Waals surface area contributed by atoms with Crippen LogP contribution in [0.3, 0.4) is 0 Å². The Balaban J connectivity index is 1.58. The van der Waals surface area contributed by atoms with Gasteiger partial charge in [-0.15, -0.1) is 0 Å². The van der Waals surface area contributed by atoms with Gasteiger partial charge in [0.05, 0.1) is 16.3 Å². The van der Waals surface area contributed by atoms with Crippen LogP contribution in [-0.2, 0) is 13.0 Å². The Kier molecular flexibility index (Phi) is 4.61. The van der Waals surface area contributed by atoms with Gasteiger partial charge in [-0.05, 0) is 24.8 Å². The molecule has 1 fully saturated rings. The summed E-state index contributed by atoms with van der Waals surface area (Å²) in [4.78, 5) is 2.47. The van der Waals surface area contributed by atoms with Crippen molar-refractivity contribution < 1.29 is 14.7 Å². The van der Waals surface area contributed by atoms with E-state index in [9.17, 15) is 10.2 Å². The quantitative estimate of drug-likeness (QED) is 0.849. The zero-order valence-electron chi connectivity index (χ0n) is 14.2. The second-order valence-corrected chi connectivity index (χ2v) is 7.65. The van der Waals surface area contributed by atoms with Gasteiger partial charge in [-0.3, -0.25) is 4.90 Å². The first-order valence-corrected chi connectivity index (χ1v) is 9.41. The summed E-state index contributed by atoms with van der Waals surface area (Å²) >= 11 is 6.01. The molecule has 1 aromatic carbocycles. The highest BCUT2D eigenvalue weighted by molar-refractivity contribution is 6.32. The minimum atomic E-state index is -0.143. The molecule has 2 N–H and O–H groups in total. The number of phenolic OH excluding ortho intramolecular Hbond substituents is 2. The molecule has 0 atom stereocenters. The van der Waals surface area contributed by atoms with Crippen molar-refractivity contribution in [3.63, 3.8) is 0 Å². The number of hydrogen-bond donors (Lipinski definition) is 2. The van der Waals surface area contributed by atoms with E-state index in [2.05, 4.69) is 10.1 Å². The standard InChI is InChI=1S/C19H23ClN2O3/c20-15-8-13(17(23)9-18(15)24)19-14-11-22(7-6-16(14)21-25-19)10-12-4-2-1-3-5-12/h8-9,12,23-24H,1-7,10-11H2. The zero-order valence-corrected chi connectivity index (χ0v) is 14.9. The van der Waals surface area contributed by atoms with Crippen molar-refractivity contribution in [2.24, 2.45) is 5.92 Å². The van der Waals surface area contributed by atoms with Crippen LogP contribution in [0.15, 0.2) is 16.7 Å². The number of halogens is 1. The lowest BCUT2D eigenvalue weighted by molar-refractivity contribution is 0.187. The Hall–Kier alpha value is -1.72. The van der Waals surface area contributed by atoms with Crippen molar-refractivity contribution in [3.8, 4) is 22.8 Å². The van der Waals surface area contributed by atoms with Crippen LogP contribution in [0.4, 0.5) is 0 Å². The topological polar surface area (TPSA) is 69.7 Å². The molecule has 5 nitrogen and oxygen atoms in total. The second-order valence-electron chi connectivity index (χ2n) is 7.25. The lowest BCUT2D eigenvalue weighted by Crippen LogP contribution is -2.35. The van der Waals surface area contributed by atoms with Crippen LogP contribution < -0.4 is 0 Å². The molecule has 2 heterocycles. The van der Waals surface area contributed by atoms with Gasteiger partial charge in [-0.1, -0.05) is 36.0 Å². The minimum Gasteiger partial charge on any atom is -0.507 e. The van der Waals surface area contributed by atoms with Gasteiger partial charge in [0.1, 0.15) is 11.5 Å². The number of phenols is 2. The van der Waals surface area contributed by atoms with Gasteiger partial charge in [-0.25, -0.2) is 0 Å². The molecule has 4 rings (SSSR count). The predicted molar refractivity (Wildman–Crippen MR) is 95.8 cm³/mol. The van der Waals surface area contributed by atoms with Gasteiger partial charge >= 0.3 is 0 Å². The summed E-state index contributed by atoms with van der Waals surface area (Å²) < 4.78 is 5.54. The molecular weight excluding hydrogens is 340 g/mol. The summed E-state index contributed by atoms with van der Waals surface area (Å²) in [5, 5.41) is 24.2. The van der Waals surface area contributed by atoms with E-state index >= 15 is 0 Å². The Bertz CT molecular complexity index is 768. The highest BCUT2D eigenvalue weighted by Gasteiger charge is 2.28. The molecular formula is C19H23ClN2O3. The lowest BCUT2D eigenvalue weighted by atomic mass is 9.88. The highest BCUT2D eigenvalue weighted by atomic mass is 35.5. The fourth-order valence-corrected chi connectivity index (χ4v) is 4.27. The van der Waals surface area contributed by atoms with Gasteiger partial charge in [0.15, 0.2) is 5.76 Å². The predicted octanol–water partition coefficient (Wildman–Crippen LogP) is 4.34. The van der Waals surface area contributed by atoms with Gasteiger partial charge in [0, 0.05) is 37.7 Å². The summed E-state index contributed by atoms with van der Waals surface area (Å²) in [5.74, 6) is 1.15. The first-order valence-electron chi connectivity index (χ1n) is 9.03. The Morgan fingerprint density at radius 1 is 1.16 bits per heavy atom. The third kappa shape index (κ3) is 3.35. The number of benzene rings is 1. The molecule has 0 saturated heterocycles. The Morgan fingerprint density at radius 2 is 1.96 bits per heavy atom. The van der Waals surface area contributed by atoms with E-state index in [4.69, 9.17) is 16.1 Å². The van der Waals surface area contributed by atoms with E-state index in [1.807, 2.05) is 0 Å². The molecule has 1 aromatic heterocycles. The molecule has 0 bridgehead atoms. The minimum absolute atomic E-state index is 0.0507. The molecule has 2 aliphatic rings. The SMILES string of the molecule is Oc1cc(O)c(-c2onc3c2CN(CC2CCCCC2)CC3)cc1Cl. The smallest absolute Gasteiger partial charge is 0.175 e. The van der Waals surface area contributed by atoms with Crippen molar-refractivity contribution in [2.45, 2.75) is 45.1 Å². The number of aromatic nitrogens is 1. The molecule has 1 aliphatic heterocycles. The first kappa shape index (κ1) is 16.7. The molecule has 0 unspecified atom stereocenters. The summed E-state index contributed by atoms with van der Waals surface area (Å²) in [7, 11) is 0. The fourth-order valence-electron chi connectivity index (χ4n) is 4.10. The molecule has 0 radical (unpaired) electrons. The maximum Gasteiger partial charge on any atom is 0.175 e. The fraction of sp³-hybridized carbons (Fsp3) is 0.526. The maximum atomic E-state index is 10.2. The summed E-state index contributed by atoms with van der Waals surface area (Å²) in [6, 6.07) is 2.78. The van der Waals surface area contributed by atoms with E-state index in [1.165, 1.54) is 44.2 Å². The summed E-state index contributed by atoms with van der Waals surface area (Å²) in [5.41, 5.74) is 2.47. The van der Waals surface area contributed by atoms with Crippen molar-refractivity contribution >= 4 is 11.6 Å². The van der Waals surface area contributed by atoms with E-state index in [1.54, 1.807) is 0 Å². The van der Waals surface area contributed by atoms with Crippen LogP contribution in [0.25, 0.3) is 11.3 Å². The number of aromatic hydroxyl groups is 2. The lowest BCUT2D eigenvalue weighted by Gasteiger charge is -2.31. The van der Waals surface area contributed by atoms with Gasteiger partial charge < -0.3 is 14.7 Å². The molecule has 0 amide bonds. The van der Waals surface area contributed by atoms with Crippen LogP contribution >= 0.6 is 11.6 Å². The molecule has 0 spiro atoms. The van der Waals surface area contributed by atoms with Crippen LogP contribution in [0, 0.1) is 5.92 Å². The normalized spacial score (nSPS) is 19.1. The van der Waals surface area contributed by atoms with Crippen LogP contribution in [0.2, 0.25) is 5.02 Å². The molecule has 2 aromatic rings. The van der Waals surface area contributed by atoms with E-state index in [0.29, 0.717) is 11.3 Å². The van der Waals surface area contributed by atoms with Gasteiger partial charge in [0.25, 0.3) is 0 Å². The maximum absolute atomic E-state index is 10.2. The van der Waals surface area contributed by atoms with Crippen LogP contribution in [0.1, 0.15) is 43.4 Å². The number of hydrogen-bond acceptors (Lipinski definition) is 5. The third-order valence-corrected chi connectivity index (χ3v) is 5.77. The zero-order chi connectivity index (χ0) is 17.4. The number of fused-ring (bicyclic) bond motifs is 1. The van der Waals surface area contributed by atoms with E-state index < -0.39 is 0 Å². The molecule has 6 heteroatoms. The summed E-state index contributed by atoms with van der Waals surface area (Å²) in [6.07, 6.45) is 7.59. The Labute approximate surface area is 152 Å². The highest BCUT2D eigenvalue weighted by Crippen LogP contribution is 2.40. The summed E-state index contributed by atoms with van der Waals surface area (Å²) in [6.45, 7) is 2.90. The third-order valence-electron chi connectivity index (χ3n) is 5.47. The largest absolute Gasteiger partial charge is 0.507 e. The average molecular weight is 363 g/mol. The van der Waals surface area contributed by atoms with Crippen LogP contribution in [0.5, 0.6) is 11.5 Å². The van der Waals surface area contributed by atoms with E-state index in [-0.39, 0.29) is 16.5 Å². The molecule has 1 saturated carbocycles. The van der Waals surface area contributed by atoms with Crippen molar-refractivity contribution in [1.82, 2.24) is 10.1 Å². The van der Waals surface area contributed by atoms with E-state index in [0.717, 1.165) is 43.2 Å².